The molecule has 0 aromatic carbocycles. The van der Waals surface area contributed by atoms with Gasteiger partial charge in [-0.3, -0.25) is 4.90 Å². The molecule has 1 aliphatic heterocycles. The average Bonchev–Trinajstić information content (AvgIpc) is 2.37. The maximum absolute atomic E-state index is 4.44. The molecule has 2 N–H and O–H groups in total. The highest BCUT2D eigenvalue weighted by molar-refractivity contribution is 5.48. The second kappa shape index (κ2) is 6.16. The van der Waals surface area contributed by atoms with Crippen molar-refractivity contribution in [3.05, 3.63) is 11.9 Å². The van der Waals surface area contributed by atoms with Crippen LogP contribution in [0.4, 0.5) is 11.6 Å². The van der Waals surface area contributed by atoms with Crippen LogP contribution in [-0.4, -0.2) is 68.2 Å². The van der Waals surface area contributed by atoms with Gasteiger partial charge in [0.1, 0.15) is 17.5 Å². The van der Waals surface area contributed by atoms with Crippen LogP contribution in [0.5, 0.6) is 0 Å². The Morgan fingerprint density at radius 3 is 2.95 bits per heavy atom. The zero-order valence-electron chi connectivity index (χ0n) is 12.3. The van der Waals surface area contributed by atoms with E-state index in [2.05, 4.69) is 32.5 Å². The van der Waals surface area contributed by atoms with Crippen molar-refractivity contribution >= 4 is 11.6 Å². The molecule has 19 heavy (non-hydrogen) atoms. The summed E-state index contributed by atoms with van der Waals surface area (Å²) in [4.78, 5) is 13.2. The smallest absolute Gasteiger partial charge is 0.133 e. The molecule has 1 aromatic heterocycles. The summed E-state index contributed by atoms with van der Waals surface area (Å²) in [5, 5.41) is 6.84. The minimum absolute atomic E-state index is 0.506. The predicted molar refractivity (Wildman–Crippen MR) is 78.9 cm³/mol. The standard InChI is InChI=1S/C13H24N6/c1-10-16-12(7-13(17-10)18(2)3)15-9-11-8-14-5-6-19(11)4/h7,11,14H,5-6,8-9H2,1-4H3,(H,15,16,17). The third-order valence-corrected chi connectivity index (χ3v) is 3.45. The molecule has 1 saturated heterocycles. The van der Waals surface area contributed by atoms with Crippen molar-refractivity contribution in [1.29, 1.82) is 0 Å². The van der Waals surface area contributed by atoms with Gasteiger partial charge in [-0.2, -0.15) is 0 Å². The van der Waals surface area contributed by atoms with Crippen LogP contribution in [0, 0.1) is 6.92 Å². The molecule has 6 nitrogen and oxygen atoms in total. The van der Waals surface area contributed by atoms with Gasteiger partial charge in [-0.1, -0.05) is 0 Å². The minimum Gasteiger partial charge on any atom is -0.368 e. The van der Waals surface area contributed by atoms with Gasteiger partial charge in [0, 0.05) is 52.4 Å². The lowest BCUT2D eigenvalue weighted by atomic mass is 10.2. The number of aromatic nitrogens is 2. The number of nitrogens with zero attached hydrogens (tertiary/aromatic N) is 4. The Labute approximate surface area is 115 Å². The molecule has 1 aliphatic rings. The van der Waals surface area contributed by atoms with Crippen LogP contribution in [0.25, 0.3) is 0 Å². The number of nitrogens with one attached hydrogen (secondary N) is 2. The lowest BCUT2D eigenvalue weighted by Gasteiger charge is -2.33. The van der Waals surface area contributed by atoms with Gasteiger partial charge < -0.3 is 15.5 Å². The van der Waals surface area contributed by atoms with E-state index in [1.807, 2.05) is 32.0 Å². The fourth-order valence-electron chi connectivity index (χ4n) is 2.18. The van der Waals surface area contributed by atoms with E-state index in [0.717, 1.165) is 43.6 Å². The molecule has 0 bridgehead atoms. The lowest BCUT2D eigenvalue weighted by molar-refractivity contribution is 0.209. The van der Waals surface area contributed by atoms with Crippen molar-refractivity contribution < 1.29 is 0 Å². The molecule has 2 rings (SSSR count). The minimum atomic E-state index is 0.506. The first-order valence-corrected chi connectivity index (χ1v) is 6.74. The molecule has 1 atom stereocenters. The largest absolute Gasteiger partial charge is 0.368 e. The number of hydrogen-bond donors (Lipinski definition) is 2. The first-order chi connectivity index (χ1) is 9.06. The number of anilines is 2. The molecule has 0 radical (unpaired) electrons. The maximum Gasteiger partial charge on any atom is 0.133 e. The Balaban J connectivity index is 1.98. The molecular weight excluding hydrogens is 240 g/mol. The van der Waals surface area contributed by atoms with E-state index in [1.54, 1.807) is 0 Å². The Kier molecular flexibility index (Phi) is 4.55. The molecule has 0 aliphatic carbocycles. The van der Waals surface area contributed by atoms with Crippen molar-refractivity contribution in [2.24, 2.45) is 0 Å². The molecule has 106 valence electrons. The van der Waals surface area contributed by atoms with Gasteiger partial charge >= 0.3 is 0 Å². The molecule has 0 spiro atoms. The van der Waals surface area contributed by atoms with Crippen LogP contribution in [-0.2, 0) is 0 Å². The summed E-state index contributed by atoms with van der Waals surface area (Å²) < 4.78 is 0. The predicted octanol–water partition coefficient (Wildman–Crippen LogP) is 0.167. The first-order valence-electron chi connectivity index (χ1n) is 6.74. The van der Waals surface area contributed by atoms with Crippen LogP contribution in [0.1, 0.15) is 5.82 Å². The fraction of sp³-hybridized carbons (Fsp3) is 0.692. The number of piperazine rings is 1. The molecular formula is C13H24N6. The Morgan fingerprint density at radius 1 is 1.47 bits per heavy atom. The average molecular weight is 264 g/mol. The van der Waals surface area contributed by atoms with Gasteiger partial charge in [0.2, 0.25) is 0 Å². The summed E-state index contributed by atoms with van der Waals surface area (Å²) in [5.74, 6) is 2.63. The van der Waals surface area contributed by atoms with Gasteiger partial charge in [0.25, 0.3) is 0 Å². The van der Waals surface area contributed by atoms with E-state index >= 15 is 0 Å². The highest BCUT2D eigenvalue weighted by Gasteiger charge is 2.18. The highest BCUT2D eigenvalue weighted by Crippen LogP contribution is 2.13. The Morgan fingerprint density at radius 2 is 2.26 bits per heavy atom. The quantitative estimate of drug-likeness (QED) is 0.808. The lowest BCUT2D eigenvalue weighted by Crippen LogP contribution is -2.52. The highest BCUT2D eigenvalue weighted by atomic mass is 15.2. The summed E-state index contributed by atoms with van der Waals surface area (Å²) in [6, 6.07) is 2.50. The van der Waals surface area contributed by atoms with Gasteiger partial charge in [0.15, 0.2) is 0 Å². The molecule has 2 heterocycles. The summed E-state index contributed by atoms with van der Waals surface area (Å²) in [6.07, 6.45) is 0. The van der Waals surface area contributed by atoms with Crippen molar-refractivity contribution in [2.45, 2.75) is 13.0 Å². The second-order valence-corrected chi connectivity index (χ2v) is 5.27. The third kappa shape index (κ3) is 3.78. The Bertz CT molecular complexity index is 420. The zero-order valence-corrected chi connectivity index (χ0v) is 12.3. The van der Waals surface area contributed by atoms with E-state index < -0.39 is 0 Å². The topological polar surface area (TPSA) is 56.3 Å². The molecule has 1 aromatic rings. The van der Waals surface area contributed by atoms with E-state index in [1.165, 1.54) is 0 Å². The molecule has 6 heteroatoms. The molecule has 1 unspecified atom stereocenters. The molecule has 1 fully saturated rings. The maximum atomic E-state index is 4.44. The Hall–Kier alpha value is -1.40. The normalized spacial score (nSPS) is 20.3. The third-order valence-electron chi connectivity index (χ3n) is 3.45. The number of likely N-dealkylation sites (N-methyl/N-ethyl adjacent to an activating group) is 1. The van der Waals surface area contributed by atoms with E-state index in [9.17, 15) is 0 Å². The summed E-state index contributed by atoms with van der Waals surface area (Å²) in [6.45, 7) is 6.01. The van der Waals surface area contributed by atoms with Crippen LogP contribution >= 0.6 is 0 Å². The second-order valence-electron chi connectivity index (χ2n) is 5.27. The monoisotopic (exact) mass is 264 g/mol. The first kappa shape index (κ1) is 14.0. The van der Waals surface area contributed by atoms with Crippen LogP contribution < -0.4 is 15.5 Å². The van der Waals surface area contributed by atoms with Crippen molar-refractivity contribution in [3.8, 4) is 0 Å². The fourth-order valence-corrected chi connectivity index (χ4v) is 2.18. The van der Waals surface area contributed by atoms with Crippen LogP contribution in [0.3, 0.4) is 0 Å². The number of aryl methyl sites for hydroxylation is 1. The van der Waals surface area contributed by atoms with Crippen molar-refractivity contribution in [3.63, 3.8) is 0 Å². The van der Waals surface area contributed by atoms with Gasteiger partial charge in [0.05, 0.1) is 0 Å². The van der Waals surface area contributed by atoms with Crippen LogP contribution in [0.15, 0.2) is 6.07 Å². The van der Waals surface area contributed by atoms with Crippen molar-refractivity contribution in [2.75, 3.05) is 57.5 Å². The molecule has 0 amide bonds. The zero-order chi connectivity index (χ0) is 13.8. The van der Waals surface area contributed by atoms with E-state index in [4.69, 9.17) is 0 Å². The van der Waals surface area contributed by atoms with Gasteiger partial charge in [-0.25, -0.2) is 9.97 Å². The SMILES string of the molecule is Cc1nc(NCC2CNCCN2C)cc(N(C)C)n1. The number of hydrogen-bond acceptors (Lipinski definition) is 6. The van der Waals surface area contributed by atoms with Crippen LogP contribution in [0.2, 0.25) is 0 Å². The summed E-state index contributed by atoms with van der Waals surface area (Å²) in [7, 11) is 6.15. The van der Waals surface area contributed by atoms with E-state index in [-0.39, 0.29) is 0 Å². The van der Waals surface area contributed by atoms with Gasteiger partial charge in [-0.05, 0) is 14.0 Å². The summed E-state index contributed by atoms with van der Waals surface area (Å²) in [5.41, 5.74) is 0. The summed E-state index contributed by atoms with van der Waals surface area (Å²) >= 11 is 0. The molecule has 0 saturated carbocycles. The van der Waals surface area contributed by atoms with Crippen molar-refractivity contribution in [1.82, 2.24) is 20.2 Å². The van der Waals surface area contributed by atoms with E-state index in [0.29, 0.717) is 6.04 Å². The van der Waals surface area contributed by atoms with Gasteiger partial charge in [-0.15, -0.1) is 0 Å². The number of rotatable bonds is 4.